The molecule has 1 aliphatic rings. The van der Waals surface area contributed by atoms with E-state index in [0.717, 1.165) is 25.7 Å². The van der Waals surface area contributed by atoms with Gasteiger partial charge in [-0.25, -0.2) is 8.42 Å². The molecule has 1 amide bonds. The first-order valence-electron chi connectivity index (χ1n) is 9.36. The molecule has 0 spiro atoms. The van der Waals surface area contributed by atoms with Gasteiger partial charge in [0, 0.05) is 24.7 Å². The molecule has 1 aromatic carbocycles. The van der Waals surface area contributed by atoms with Gasteiger partial charge < -0.3 is 5.32 Å². The average Bonchev–Trinajstić information content (AvgIpc) is 3.14. The van der Waals surface area contributed by atoms with Gasteiger partial charge in [0.05, 0.1) is 4.90 Å². The second-order valence-electron chi connectivity index (χ2n) is 6.86. The summed E-state index contributed by atoms with van der Waals surface area (Å²) in [6.45, 7) is 5.30. The molecule has 0 aromatic heterocycles. The van der Waals surface area contributed by atoms with Crippen molar-refractivity contribution in [1.82, 2.24) is 9.62 Å². The van der Waals surface area contributed by atoms with Crippen molar-refractivity contribution in [2.45, 2.75) is 69.7 Å². The van der Waals surface area contributed by atoms with Gasteiger partial charge in [-0.05, 0) is 44.4 Å². The molecule has 1 N–H and O–H groups in total. The second kappa shape index (κ2) is 9.34. The Kier molecular flexibility index (Phi) is 7.44. The predicted molar refractivity (Wildman–Crippen MR) is 100 cm³/mol. The van der Waals surface area contributed by atoms with Gasteiger partial charge in [-0.15, -0.1) is 0 Å². The number of hydrogen-bond donors (Lipinski definition) is 1. The van der Waals surface area contributed by atoms with E-state index in [4.69, 9.17) is 0 Å². The third-order valence-corrected chi connectivity index (χ3v) is 6.56. The summed E-state index contributed by atoms with van der Waals surface area (Å²) < 4.78 is 26.8. The number of hydrogen-bond acceptors (Lipinski definition) is 3. The van der Waals surface area contributed by atoms with Crippen molar-refractivity contribution in [2.75, 3.05) is 13.1 Å². The van der Waals surface area contributed by atoms with E-state index in [1.54, 1.807) is 18.2 Å². The van der Waals surface area contributed by atoms with Crippen LogP contribution in [0.3, 0.4) is 0 Å². The van der Waals surface area contributed by atoms with E-state index in [1.165, 1.54) is 29.6 Å². The van der Waals surface area contributed by atoms with E-state index in [0.29, 0.717) is 18.7 Å². The molecular formula is C19H30N2O3S. The fourth-order valence-corrected chi connectivity index (χ4v) is 4.70. The van der Waals surface area contributed by atoms with Gasteiger partial charge in [0.2, 0.25) is 10.0 Å². The molecule has 2 rings (SSSR count). The van der Waals surface area contributed by atoms with Crippen molar-refractivity contribution in [3.05, 3.63) is 29.8 Å². The lowest BCUT2D eigenvalue weighted by Crippen LogP contribution is -2.33. The van der Waals surface area contributed by atoms with Crippen LogP contribution >= 0.6 is 0 Å². The first kappa shape index (κ1) is 19.9. The minimum Gasteiger partial charge on any atom is -0.350 e. The molecule has 0 bridgehead atoms. The molecule has 1 fully saturated rings. The number of rotatable bonds is 9. The Bertz CT molecular complexity index is 667. The van der Waals surface area contributed by atoms with Crippen LogP contribution in [0.25, 0.3) is 0 Å². The number of amides is 1. The van der Waals surface area contributed by atoms with E-state index in [-0.39, 0.29) is 16.8 Å². The molecule has 1 aliphatic heterocycles. The van der Waals surface area contributed by atoms with E-state index >= 15 is 0 Å². The Morgan fingerprint density at radius 3 is 2.60 bits per heavy atom. The van der Waals surface area contributed by atoms with Crippen LogP contribution in [-0.4, -0.2) is 37.8 Å². The molecule has 0 aliphatic carbocycles. The van der Waals surface area contributed by atoms with E-state index in [2.05, 4.69) is 12.2 Å². The Labute approximate surface area is 151 Å². The number of carbonyl (C=O) groups is 1. The number of sulfonamides is 1. The number of benzene rings is 1. The second-order valence-corrected chi connectivity index (χ2v) is 8.80. The lowest BCUT2D eigenvalue weighted by molar-refractivity contribution is 0.0937. The van der Waals surface area contributed by atoms with Crippen molar-refractivity contribution in [2.24, 2.45) is 0 Å². The molecule has 140 valence electrons. The Hall–Kier alpha value is -1.40. The predicted octanol–water partition coefficient (Wildman–Crippen LogP) is 3.56. The summed E-state index contributed by atoms with van der Waals surface area (Å²) in [7, 11) is -3.49. The van der Waals surface area contributed by atoms with Crippen LogP contribution in [-0.2, 0) is 10.0 Å². The van der Waals surface area contributed by atoms with Gasteiger partial charge in [0.25, 0.3) is 5.91 Å². The maximum absolute atomic E-state index is 12.6. The molecule has 1 atom stereocenters. The Morgan fingerprint density at radius 2 is 1.92 bits per heavy atom. The molecule has 0 saturated carbocycles. The van der Waals surface area contributed by atoms with Crippen LogP contribution in [0.15, 0.2) is 29.2 Å². The van der Waals surface area contributed by atoms with Gasteiger partial charge in [0.1, 0.15) is 0 Å². The maximum Gasteiger partial charge on any atom is 0.251 e. The minimum atomic E-state index is -3.49. The molecule has 0 radical (unpaired) electrons. The molecule has 1 aromatic rings. The highest BCUT2D eigenvalue weighted by Crippen LogP contribution is 2.21. The minimum absolute atomic E-state index is 0.0863. The van der Waals surface area contributed by atoms with Crippen molar-refractivity contribution >= 4 is 15.9 Å². The summed E-state index contributed by atoms with van der Waals surface area (Å²) in [5.74, 6) is -0.207. The third-order valence-electron chi connectivity index (χ3n) is 4.67. The summed E-state index contributed by atoms with van der Waals surface area (Å²) in [4.78, 5) is 12.6. The fraction of sp³-hybridized carbons (Fsp3) is 0.632. The van der Waals surface area contributed by atoms with E-state index in [1.807, 2.05) is 6.92 Å². The fourth-order valence-electron chi connectivity index (χ4n) is 3.13. The Morgan fingerprint density at radius 1 is 1.20 bits per heavy atom. The van der Waals surface area contributed by atoms with E-state index < -0.39 is 10.0 Å². The third kappa shape index (κ3) is 5.54. The lowest BCUT2D eigenvalue weighted by Gasteiger charge is -2.17. The summed E-state index contributed by atoms with van der Waals surface area (Å²) in [5.41, 5.74) is 0.403. The van der Waals surface area contributed by atoms with Crippen LogP contribution < -0.4 is 5.32 Å². The molecule has 1 heterocycles. The summed E-state index contributed by atoms with van der Waals surface area (Å²) in [5, 5.41) is 2.97. The monoisotopic (exact) mass is 366 g/mol. The molecule has 5 nitrogen and oxygen atoms in total. The highest BCUT2D eigenvalue weighted by molar-refractivity contribution is 7.89. The van der Waals surface area contributed by atoms with Crippen molar-refractivity contribution < 1.29 is 13.2 Å². The first-order chi connectivity index (χ1) is 11.9. The zero-order chi connectivity index (χ0) is 18.3. The zero-order valence-corrected chi connectivity index (χ0v) is 16.1. The van der Waals surface area contributed by atoms with Crippen LogP contribution in [0.5, 0.6) is 0 Å². The van der Waals surface area contributed by atoms with Gasteiger partial charge >= 0.3 is 0 Å². The first-order valence-corrected chi connectivity index (χ1v) is 10.8. The number of nitrogens with zero attached hydrogens (tertiary/aromatic N) is 1. The van der Waals surface area contributed by atoms with Crippen LogP contribution in [0.2, 0.25) is 0 Å². The highest BCUT2D eigenvalue weighted by atomic mass is 32.2. The average molecular weight is 367 g/mol. The van der Waals surface area contributed by atoms with Gasteiger partial charge in [0.15, 0.2) is 0 Å². The zero-order valence-electron chi connectivity index (χ0n) is 15.3. The van der Waals surface area contributed by atoms with Gasteiger partial charge in [-0.3, -0.25) is 4.79 Å². The molecular weight excluding hydrogens is 336 g/mol. The molecule has 25 heavy (non-hydrogen) atoms. The van der Waals surface area contributed by atoms with Crippen LogP contribution in [0.4, 0.5) is 0 Å². The summed E-state index contributed by atoms with van der Waals surface area (Å²) in [6.07, 6.45) is 7.43. The number of carbonyl (C=O) groups excluding carboxylic acids is 1. The Balaban J connectivity index is 1.99. The van der Waals surface area contributed by atoms with Gasteiger partial charge in [-0.2, -0.15) is 4.31 Å². The largest absolute Gasteiger partial charge is 0.350 e. The van der Waals surface area contributed by atoms with Crippen molar-refractivity contribution in [3.8, 4) is 0 Å². The van der Waals surface area contributed by atoms with Gasteiger partial charge in [-0.1, -0.05) is 38.7 Å². The molecule has 1 saturated heterocycles. The topological polar surface area (TPSA) is 66.5 Å². The van der Waals surface area contributed by atoms with Crippen molar-refractivity contribution in [3.63, 3.8) is 0 Å². The highest BCUT2D eigenvalue weighted by Gasteiger charge is 2.27. The SMILES string of the molecule is CCCCCCC(C)NC(=O)c1cccc(S(=O)(=O)N2CCCC2)c1. The maximum atomic E-state index is 12.6. The van der Waals surface area contributed by atoms with Crippen LogP contribution in [0.1, 0.15) is 69.2 Å². The summed E-state index contributed by atoms with van der Waals surface area (Å²) in [6, 6.07) is 6.46. The van der Waals surface area contributed by atoms with Crippen LogP contribution in [0, 0.1) is 0 Å². The quantitative estimate of drug-likeness (QED) is 0.680. The van der Waals surface area contributed by atoms with Crippen molar-refractivity contribution in [1.29, 1.82) is 0 Å². The smallest absolute Gasteiger partial charge is 0.251 e. The normalized spacial score (nSPS) is 16.7. The number of unbranched alkanes of at least 4 members (excludes halogenated alkanes) is 3. The molecule has 6 heteroatoms. The standard InChI is InChI=1S/C19H30N2O3S/c1-3-4-5-6-10-16(2)20-19(22)17-11-9-12-18(15-17)25(23,24)21-13-7-8-14-21/h9,11-12,15-16H,3-8,10,13-14H2,1-2H3,(H,20,22). The lowest BCUT2D eigenvalue weighted by atomic mass is 10.1. The van der Waals surface area contributed by atoms with E-state index in [9.17, 15) is 13.2 Å². The number of nitrogens with one attached hydrogen (secondary N) is 1. The molecule has 1 unspecified atom stereocenters. The summed E-state index contributed by atoms with van der Waals surface area (Å²) >= 11 is 0.